The van der Waals surface area contributed by atoms with Gasteiger partial charge < -0.3 is 10.6 Å². The van der Waals surface area contributed by atoms with Gasteiger partial charge in [-0.3, -0.25) is 0 Å². The first-order valence-corrected chi connectivity index (χ1v) is 9.60. The van der Waals surface area contributed by atoms with Gasteiger partial charge in [0.1, 0.15) is 0 Å². The van der Waals surface area contributed by atoms with E-state index in [4.69, 9.17) is 0 Å². The van der Waals surface area contributed by atoms with Crippen molar-refractivity contribution in [3.8, 4) is 0 Å². The van der Waals surface area contributed by atoms with E-state index < -0.39 is 0 Å². The Morgan fingerprint density at radius 2 is 1.86 bits per heavy atom. The van der Waals surface area contributed by atoms with E-state index in [0.29, 0.717) is 23.4 Å². The SMILES string of the molecule is CCCCC(CCC)C1(C(C)C)CCCC2NC(=O)NC2C1. The van der Waals surface area contributed by atoms with Crippen molar-refractivity contribution in [2.24, 2.45) is 17.3 Å². The summed E-state index contributed by atoms with van der Waals surface area (Å²) >= 11 is 0. The lowest BCUT2D eigenvalue weighted by atomic mass is 9.60. The molecule has 0 spiro atoms. The highest BCUT2D eigenvalue weighted by Gasteiger charge is 2.47. The van der Waals surface area contributed by atoms with Crippen molar-refractivity contribution in [2.75, 3.05) is 0 Å². The van der Waals surface area contributed by atoms with Gasteiger partial charge in [0.15, 0.2) is 0 Å². The van der Waals surface area contributed by atoms with Crippen LogP contribution in [-0.4, -0.2) is 18.1 Å². The summed E-state index contributed by atoms with van der Waals surface area (Å²) in [6.45, 7) is 9.46. The number of hydrogen-bond acceptors (Lipinski definition) is 1. The fourth-order valence-corrected chi connectivity index (χ4v) is 5.09. The molecule has 4 atom stereocenters. The first-order chi connectivity index (χ1) is 10.5. The third-order valence-electron chi connectivity index (χ3n) is 6.38. The van der Waals surface area contributed by atoms with Crippen LogP contribution in [0.4, 0.5) is 4.79 Å². The standard InChI is InChI=1S/C19H36N2O/c1-5-7-10-15(9-6-2)19(14(3)4)12-8-11-16-17(13-19)21-18(22)20-16/h14-17H,5-13H2,1-4H3,(H2,20,21,22). The van der Waals surface area contributed by atoms with Crippen molar-refractivity contribution in [1.29, 1.82) is 0 Å². The molecular weight excluding hydrogens is 272 g/mol. The Morgan fingerprint density at radius 3 is 2.50 bits per heavy atom. The van der Waals surface area contributed by atoms with Crippen molar-refractivity contribution in [2.45, 2.75) is 97.6 Å². The number of carbonyl (C=O) groups excluding carboxylic acids is 1. The number of nitrogens with one attached hydrogen (secondary N) is 2. The summed E-state index contributed by atoms with van der Waals surface area (Å²) < 4.78 is 0. The molecule has 4 unspecified atom stereocenters. The molecule has 2 aliphatic rings. The molecule has 0 aromatic rings. The van der Waals surface area contributed by atoms with Gasteiger partial charge in [-0.2, -0.15) is 0 Å². The molecule has 128 valence electrons. The smallest absolute Gasteiger partial charge is 0.315 e. The predicted octanol–water partition coefficient (Wildman–Crippen LogP) is 4.86. The van der Waals surface area contributed by atoms with Gasteiger partial charge in [-0.25, -0.2) is 4.79 Å². The normalized spacial score (nSPS) is 33.0. The van der Waals surface area contributed by atoms with Crippen molar-refractivity contribution < 1.29 is 4.79 Å². The second-order valence-corrected chi connectivity index (χ2v) is 7.94. The van der Waals surface area contributed by atoms with Crippen molar-refractivity contribution in [3.05, 3.63) is 0 Å². The first kappa shape index (κ1) is 17.6. The molecule has 0 bridgehead atoms. The van der Waals surface area contributed by atoms with Crippen molar-refractivity contribution >= 4 is 6.03 Å². The maximum Gasteiger partial charge on any atom is 0.315 e. The van der Waals surface area contributed by atoms with Crippen LogP contribution in [0, 0.1) is 17.3 Å². The first-order valence-electron chi connectivity index (χ1n) is 9.60. The van der Waals surface area contributed by atoms with Crippen molar-refractivity contribution in [1.82, 2.24) is 10.6 Å². The molecule has 1 aliphatic carbocycles. The molecular formula is C19H36N2O. The minimum atomic E-state index is 0.0511. The Labute approximate surface area is 137 Å². The van der Waals surface area contributed by atoms with Crippen LogP contribution in [0.1, 0.15) is 85.5 Å². The maximum atomic E-state index is 11.7. The zero-order chi connectivity index (χ0) is 16.2. The minimum Gasteiger partial charge on any atom is -0.333 e. The molecule has 22 heavy (non-hydrogen) atoms. The third-order valence-corrected chi connectivity index (χ3v) is 6.38. The van der Waals surface area contributed by atoms with E-state index in [1.807, 2.05) is 0 Å². The molecule has 2 fully saturated rings. The largest absolute Gasteiger partial charge is 0.333 e. The Kier molecular flexibility index (Phi) is 6.17. The average Bonchev–Trinajstić information content (AvgIpc) is 2.71. The summed E-state index contributed by atoms with van der Waals surface area (Å²) in [6, 6.07) is 0.759. The number of carbonyl (C=O) groups is 1. The number of unbranched alkanes of at least 4 members (excludes halogenated alkanes) is 1. The molecule has 0 aromatic carbocycles. The van der Waals surface area contributed by atoms with Gasteiger partial charge in [-0.05, 0) is 42.9 Å². The van der Waals surface area contributed by atoms with E-state index in [2.05, 4.69) is 38.3 Å². The summed E-state index contributed by atoms with van der Waals surface area (Å²) in [7, 11) is 0. The summed E-state index contributed by atoms with van der Waals surface area (Å²) in [5.74, 6) is 1.51. The molecule has 1 saturated carbocycles. The molecule has 2 N–H and O–H groups in total. The number of amides is 2. The lowest BCUT2D eigenvalue weighted by molar-refractivity contribution is 0.0463. The van der Waals surface area contributed by atoms with Crippen LogP contribution in [-0.2, 0) is 0 Å². The van der Waals surface area contributed by atoms with Gasteiger partial charge >= 0.3 is 6.03 Å². The monoisotopic (exact) mass is 308 g/mol. The molecule has 3 nitrogen and oxygen atoms in total. The second-order valence-electron chi connectivity index (χ2n) is 7.94. The van der Waals surface area contributed by atoms with Crippen LogP contribution >= 0.6 is 0 Å². The maximum absolute atomic E-state index is 11.7. The fourth-order valence-electron chi connectivity index (χ4n) is 5.09. The molecule has 3 heteroatoms. The Morgan fingerprint density at radius 1 is 1.14 bits per heavy atom. The topological polar surface area (TPSA) is 41.1 Å². The quantitative estimate of drug-likeness (QED) is 0.693. The van der Waals surface area contributed by atoms with Gasteiger partial charge in [-0.15, -0.1) is 0 Å². The molecule has 2 rings (SSSR count). The van der Waals surface area contributed by atoms with E-state index >= 15 is 0 Å². The van der Waals surface area contributed by atoms with E-state index in [-0.39, 0.29) is 6.03 Å². The average molecular weight is 309 g/mol. The zero-order valence-electron chi connectivity index (χ0n) is 15.1. The minimum absolute atomic E-state index is 0.0511. The molecule has 1 heterocycles. The van der Waals surface area contributed by atoms with E-state index in [1.165, 1.54) is 51.4 Å². The van der Waals surface area contributed by atoms with E-state index in [0.717, 1.165) is 12.3 Å². The van der Waals surface area contributed by atoms with E-state index in [9.17, 15) is 4.79 Å². The molecule has 1 saturated heterocycles. The lowest BCUT2D eigenvalue weighted by Crippen LogP contribution is -2.43. The predicted molar refractivity (Wildman–Crippen MR) is 92.9 cm³/mol. The molecule has 0 radical (unpaired) electrons. The Bertz CT molecular complexity index is 368. The second kappa shape index (κ2) is 7.70. The van der Waals surface area contributed by atoms with Crippen molar-refractivity contribution in [3.63, 3.8) is 0 Å². The van der Waals surface area contributed by atoms with Crippen LogP contribution in [0.2, 0.25) is 0 Å². The highest BCUT2D eigenvalue weighted by Crippen LogP contribution is 2.51. The Hall–Kier alpha value is -0.730. The van der Waals surface area contributed by atoms with Gasteiger partial charge in [-0.1, -0.05) is 59.8 Å². The van der Waals surface area contributed by atoms with Crippen LogP contribution in [0.3, 0.4) is 0 Å². The number of fused-ring (bicyclic) bond motifs is 1. The van der Waals surface area contributed by atoms with E-state index in [1.54, 1.807) is 0 Å². The number of rotatable bonds is 7. The Balaban J connectivity index is 2.22. The van der Waals surface area contributed by atoms with Gasteiger partial charge in [0.2, 0.25) is 0 Å². The summed E-state index contributed by atoms with van der Waals surface area (Å²) in [5, 5.41) is 6.35. The van der Waals surface area contributed by atoms with Crippen LogP contribution in [0.15, 0.2) is 0 Å². The number of hydrogen-bond donors (Lipinski definition) is 2. The number of urea groups is 1. The molecule has 1 aliphatic heterocycles. The van der Waals surface area contributed by atoms with Gasteiger partial charge in [0.05, 0.1) is 12.1 Å². The van der Waals surface area contributed by atoms with Crippen LogP contribution < -0.4 is 10.6 Å². The molecule has 2 amide bonds. The molecule has 0 aromatic heterocycles. The highest BCUT2D eigenvalue weighted by molar-refractivity contribution is 5.77. The van der Waals surface area contributed by atoms with Gasteiger partial charge in [0.25, 0.3) is 0 Å². The fraction of sp³-hybridized carbons (Fsp3) is 0.947. The van der Waals surface area contributed by atoms with Gasteiger partial charge in [0, 0.05) is 0 Å². The lowest BCUT2D eigenvalue weighted by Gasteiger charge is -2.46. The summed E-state index contributed by atoms with van der Waals surface area (Å²) in [5.41, 5.74) is 0.407. The summed E-state index contributed by atoms with van der Waals surface area (Å²) in [6.07, 6.45) is 11.5. The van der Waals surface area contributed by atoms with Crippen LogP contribution in [0.5, 0.6) is 0 Å². The highest BCUT2D eigenvalue weighted by atomic mass is 16.2. The summed E-state index contributed by atoms with van der Waals surface area (Å²) in [4.78, 5) is 11.7. The van der Waals surface area contributed by atoms with Crippen LogP contribution in [0.25, 0.3) is 0 Å². The zero-order valence-corrected chi connectivity index (χ0v) is 15.1. The third kappa shape index (κ3) is 3.60.